The number of likely N-dealkylation sites (tertiary alicyclic amines) is 2. The Kier molecular flexibility index (Phi) is 4.87. The first-order valence-corrected chi connectivity index (χ1v) is 9.76. The van der Waals surface area contributed by atoms with Crippen molar-refractivity contribution in [3.63, 3.8) is 0 Å². The van der Waals surface area contributed by atoms with Gasteiger partial charge < -0.3 is 9.64 Å². The second-order valence-electron chi connectivity index (χ2n) is 7.72. The molecule has 0 N–H and O–H groups in total. The van der Waals surface area contributed by atoms with Gasteiger partial charge in [0, 0.05) is 36.6 Å². The number of amides is 1. The number of carbonyl (C=O) groups is 1. The van der Waals surface area contributed by atoms with Crippen LogP contribution in [0.25, 0.3) is 0 Å². The molecule has 0 aliphatic carbocycles. The minimum absolute atomic E-state index is 0.00920. The molecule has 0 spiro atoms. The molecule has 0 aromatic heterocycles. The third-order valence-electron chi connectivity index (χ3n) is 6.08. The van der Waals surface area contributed by atoms with Crippen molar-refractivity contribution in [1.82, 2.24) is 9.80 Å². The van der Waals surface area contributed by atoms with Gasteiger partial charge in [0.05, 0.1) is 12.7 Å². The van der Waals surface area contributed by atoms with E-state index in [2.05, 4.69) is 43.1 Å². The van der Waals surface area contributed by atoms with Crippen LogP contribution in [-0.4, -0.2) is 49.5 Å². The Balaban J connectivity index is 1.59. The Hall–Kier alpha value is -2.04. The first-order chi connectivity index (χ1) is 13.0. The maximum absolute atomic E-state index is 13.2. The van der Waals surface area contributed by atoms with Crippen LogP contribution in [0.15, 0.2) is 42.5 Å². The van der Waals surface area contributed by atoms with Crippen molar-refractivity contribution in [2.45, 2.75) is 13.0 Å². The lowest BCUT2D eigenvalue weighted by atomic mass is 9.88. The molecule has 5 heteroatoms. The highest BCUT2D eigenvalue weighted by Crippen LogP contribution is 2.45. The molecule has 0 unspecified atom stereocenters. The minimum Gasteiger partial charge on any atom is -0.496 e. The number of hydrogen-bond acceptors (Lipinski definition) is 3. The number of aryl methyl sites for hydroxylation is 1. The van der Waals surface area contributed by atoms with E-state index < -0.39 is 0 Å². The van der Waals surface area contributed by atoms with Gasteiger partial charge in [-0.05, 0) is 49.2 Å². The predicted molar refractivity (Wildman–Crippen MR) is 107 cm³/mol. The highest BCUT2D eigenvalue weighted by Gasteiger charge is 2.47. The Morgan fingerprint density at radius 3 is 2.67 bits per heavy atom. The average molecular weight is 385 g/mol. The molecule has 142 valence electrons. The lowest BCUT2D eigenvalue weighted by molar-refractivity contribution is 0.0764. The Labute approximate surface area is 165 Å². The van der Waals surface area contributed by atoms with Crippen LogP contribution in [0, 0.1) is 18.8 Å². The number of ether oxygens (including phenoxy) is 1. The van der Waals surface area contributed by atoms with E-state index in [1.807, 2.05) is 4.90 Å². The Morgan fingerprint density at radius 1 is 1.15 bits per heavy atom. The summed E-state index contributed by atoms with van der Waals surface area (Å²) in [6.07, 6.45) is 0. The van der Waals surface area contributed by atoms with Gasteiger partial charge in [0.15, 0.2) is 0 Å². The summed E-state index contributed by atoms with van der Waals surface area (Å²) < 4.78 is 5.38. The molecule has 2 aromatic rings. The highest BCUT2D eigenvalue weighted by molar-refractivity contribution is 6.31. The molecular weight excluding hydrogens is 360 g/mol. The molecule has 2 saturated heterocycles. The zero-order valence-electron chi connectivity index (χ0n) is 16.0. The first kappa shape index (κ1) is 18.3. The van der Waals surface area contributed by atoms with Crippen molar-refractivity contribution in [2.24, 2.45) is 11.8 Å². The van der Waals surface area contributed by atoms with E-state index in [9.17, 15) is 4.79 Å². The van der Waals surface area contributed by atoms with Crippen LogP contribution in [0.4, 0.5) is 0 Å². The van der Waals surface area contributed by atoms with E-state index >= 15 is 0 Å². The molecule has 2 aliphatic rings. The standard InChI is InChI=1S/C22H25ClN2O2/c1-14-6-4-5-7-17(14)21-19-13-25(12-15(19)11-24(21)2)22(26)18-10-16(23)8-9-20(18)27-3/h4-10,15,19,21H,11-13H2,1-3H3/t15-,19+,21-/m0/s1. The van der Waals surface area contributed by atoms with Gasteiger partial charge in [0.1, 0.15) is 5.75 Å². The zero-order chi connectivity index (χ0) is 19.1. The summed E-state index contributed by atoms with van der Waals surface area (Å²) in [5, 5.41) is 0.552. The fraction of sp³-hybridized carbons (Fsp3) is 0.409. The quantitative estimate of drug-likeness (QED) is 0.800. The number of hydrogen-bond donors (Lipinski definition) is 0. The lowest BCUT2D eigenvalue weighted by Gasteiger charge is -2.28. The van der Waals surface area contributed by atoms with Crippen molar-refractivity contribution in [1.29, 1.82) is 0 Å². The van der Waals surface area contributed by atoms with Crippen molar-refractivity contribution >= 4 is 17.5 Å². The van der Waals surface area contributed by atoms with E-state index in [0.717, 1.165) is 19.6 Å². The Bertz CT molecular complexity index is 869. The minimum atomic E-state index is 0.00920. The van der Waals surface area contributed by atoms with Gasteiger partial charge in [0.2, 0.25) is 0 Å². The molecule has 27 heavy (non-hydrogen) atoms. The normalized spacial score (nSPS) is 24.9. The fourth-order valence-corrected chi connectivity index (χ4v) is 5.00. The largest absolute Gasteiger partial charge is 0.496 e. The zero-order valence-corrected chi connectivity index (χ0v) is 16.7. The molecule has 2 heterocycles. The molecule has 0 radical (unpaired) electrons. The van der Waals surface area contributed by atoms with Crippen LogP contribution in [0.3, 0.4) is 0 Å². The number of nitrogens with zero attached hydrogens (tertiary/aromatic N) is 2. The summed E-state index contributed by atoms with van der Waals surface area (Å²) in [7, 11) is 3.78. The summed E-state index contributed by atoms with van der Waals surface area (Å²) in [5.41, 5.74) is 3.24. The maximum atomic E-state index is 13.2. The van der Waals surface area contributed by atoms with Gasteiger partial charge in [0.25, 0.3) is 5.91 Å². The molecule has 0 saturated carbocycles. The van der Waals surface area contributed by atoms with Crippen LogP contribution in [-0.2, 0) is 0 Å². The topological polar surface area (TPSA) is 32.8 Å². The van der Waals surface area contributed by atoms with Gasteiger partial charge in [-0.15, -0.1) is 0 Å². The molecule has 0 bridgehead atoms. The van der Waals surface area contributed by atoms with Crippen molar-refractivity contribution in [2.75, 3.05) is 33.8 Å². The van der Waals surface area contributed by atoms with E-state index in [4.69, 9.17) is 16.3 Å². The molecule has 2 fully saturated rings. The summed E-state index contributed by atoms with van der Waals surface area (Å²) in [5.74, 6) is 1.53. The second-order valence-corrected chi connectivity index (χ2v) is 8.16. The molecule has 4 nitrogen and oxygen atoms in total. The predicted octanol–water partition coefficient (Wildman–Crippen LogP) is 4.03. The van der Waals surface area contributed by atoms with Crippen molar-refractivity contribution in [3.05, 3.63) is 64.2 Å². The third-order valence-corrected chi connectivity index (χ3v) is 6.32. The molecule has 1 amide bonds. The van der Waals surface area contributed by atoms with Crippen LogP contribution in [0.2, 0.25) is 5.02 Å². The number of fused-ring (bicyclic) bond motifs is 1. The maximum Gasteiger partial charge on any atom is 0.257 e. The molecule has 2 aromatic carbocycles. The smallest absolute Gasteiger partial charge is 0.257 e. The van der Waals surface area contributed by atoms with Crippen LogP contribution < -0.4 is 4.74 Å². The molecule has 2 aliphatic heterocycles. The third kappa shape index (κ3) is 3.21. The van der Waals surface area contributed by atoms with E-state index in [0.29, 0.717) is 34.2 Å². The number of rotatable bonds is 3. The first-order valence-electron chi connectivity index (χ1n) is 9.38. The van der Waals surface area contributed by atoms with E-state index in [1.165, 1.54) is 11.1 Å². The highest BCUT2D eigenvalue weighted by atomic mass is 35.5. The number of carbonyl (C=O) groups excluding carboxylic acids is 1. The van der Waals surface area contributed by atoms with Crippen LogP contribution in [0.5, 0.6) is 5.75 Å². The monoisotopic (exact) mass is 384 g/mol. The fourth-order valence-electron chi connectivity index (χ4n) is 4.83. The molecular formula is C22H25ClN2O2. The summed E-state index contributed by atoms with van der Waals surface area (Å²) in [6, 6.07) is 14.2. The van der Waals surface area contributed by atoms with E-state index in [-0.39, 0.29) is 5.91 Å². The van der Waals surface area contributed by atoms with Gasteiger partial charge in [-0.25, -0.2) is 0 Å². The second kappa shape index (κ2) is 7.17. The number of methoxy groups -OCH3 is 1. The van der Waals surface area contributed by atoms with E-state index in [1.54, 1.807) is 25.3 Å². The van der Waals surface area contributed by atoms with Crippen LogP contribution in [0.1, 0.15) is 27.5 Å². The van der Waals surface area contributed by atoms with Crippen molar-refractivity contribution in [3.8, 4) is 5.75 Å². The van der Waals surface area contributed by atoms with Crippen molar-refractivity contribution < 1.29 is 9.53 Å². The molecule has 3 atom stereocenters. The van der Waals surface area contributed by atoms with Crippen LogP contribution >= 0.6 is 11.6 Å². The summed E-state index contributed by atoms with van der Waals surface area (Å²) in [4.78, 5) is 17.6. The van der Waals surface area contributed by atoms with Gasteiger partial charge in [-0.2, -0.15) is 0 Å². The summed E-state index contributed by atoms with van der Waals surface area (Å²) >= 11 is 6.13. The lowest BCUT2D eigenvalue weighted by Crippen LogP contribution is -2.33. The van der Waals surface area contributed by atoms with Gasteiger partial charge in [-0.3, -0.25) is 9.69 Å². The molecule has 4 rings (SSSR count). The number of benzene rings is 2. The SMILES string of the molecule is COc1ccc(Cl)cc1C(=O)N1C[C@@H]2CN(C)[C@@H](c3ccccc3C)[C@@H]2C1. The summed E-state index contributed by atoms with van der Waals surface area (Å²) in [6.45, 7) is 4.74. The Morgan fingerprint density at radius 2 is 1.93 bits per heavy atom. The average Bonchev–Trinajstić information content (AvgIpc) is 3.18. The van der Waals surface area contributed by atoms with Gasteiger partial charge >= 0.3 is 0 Å². The van der Waals surface area contributed by atoms with Gasteiger partial charge in [-0.1, -0.05) is 35.9 Å². The number of halogens is 1.